The molecule has 0 radical (unpaired) electrons. The van der Waals surface area contributed by atoms with Crippen molar-refractivity contribution in [2.45, 2.75) is 103 Å². The molecule has 3 amide bonds. The van der Waals surface area contributed by atoms with Crippen molar-refractivity contribution in [3.05, 3.63) is 51.9 Å². The number of nitrogens with one attached hydrogen (secondary N) is 2. The van der Waals surface area contributed by atoms with E-state index in [-0.39, 0.29) is 30.8 Å². The molecule has 1 aromatic carbocycles. The summed E-state index contributed by atoms with van der Waals surface area (Å²) in [6.45, 7) is 21.1. The molecule has 3 N–H and O–H groups in total. The third kappa shape index (κ3) is 6.31. The lowest BCUT2D eigenvalue weighted by atomic mass is 9.85. The second kappa shape index (κ2) is 11.5. The Morgan fingerprint density at radius 1 is 1.17 bits per heavy atom. The number of nitrogens with zero attached hydrogens (tertiary/aromatic N) is 3. The van der Waals surface area contributed by atoms with Crippen LogP contribution in [0.25, 0.3) is 15.3 Å². The Labute approximate surface area is 246 Å². The maximum atomic E-state index is 13.8. The Balaban J connectivity index is 1.54. The number of carbonyl (C=O) groups excluding carboxylic acids is 3. The van der Waals surface area contributed by atoms with E-state index >= 15 is 0 Å². The molecule has 2 aliphatic rings. The highest BCUT2D eigenvalue weighted by Gasteiger charge is 2.59. The quantitative estimate of drug-likeness (QED) is 0.402. The summed E-state index contributed by atoms with van der Waals surface area (Å²) in [5, 5.41) is 16.4. The summed E-state index contributed by atoms with van der Waals surface area (Å²) >= 11 is 1.60. The molecule has 41 heavy (non-hydrogen) atoms. The van der Waals surface area contributed by atoms with Crippen LogP contribution < -0.4 is 10.6 Å². The molecule has 4 atom stereocenters. The Kier molecular flexibility index (Phi) is 8.63. The van der Waals surface area contributed by atoms with Gasteiger partial charge in [0.05, 0.1) is 28.2 Å². The maximum Gasteiger partial charge on any atom is 0.309 e. The van der Waals surface area contributed by atoms with Crippen LogP contribution in [-0.4, -0.2) is 63.0 Å². The molecule has 0 unspecified atom stereocenters. The first-order valence-corrected chi connectivity index (χ1v) is 15.1. The number of aryl methyl sites for hydroxylation is 1. The molecule has 0 bridgehead atoms. The van der Waals surface area contributed by atoms with Gasteiger partial charge in [0.15, 0.2) is 0 Å². The number of likely N-dealkylation sites (tertiary alicyclic amines) is 1. The lowest BCUT2D eigenvalue weighted by molar-refractivity contribution is -0.144. The van der Waals surface area contributed by atoms with Gasteiger partial charge in [0, 0.05) is 25.8 Å². The molecule has 2 heterocycles. The van der Waals surface area contributed by atoms with E-state index in [2.05, 4.69) is 40.4 Å². The lowest BCUT2D eigenvalue weighted by Gasteiger charge is -2.35. The van der Waals surface area contributed by atoms with Crippen molar-refractivity contribution in [3.63, 3.8) is 0 Å². The minimum atomic E-state index is -1.09. The zero-order chi connectivity index (χ0) is 30.3. The van der Waals surface area contributed by atoms with Crippen LogP contribution in [0.2, 0.25) is 0 Å². The summed E-state index contributed by atoms with van der Waals surface area (Å²) in [4.78, 5) is 50.7. The van der Waals surface area contributed by atoms with Crippen molar-refractivity contribution in [2.75, 3.05) is 6.54 Å². The van der Waals surface area contributed by atoms with Gasteiger partial charge in [0.2, 0.25) is 11.8 Å². The molecular weight excluding hydrogens is 538 g/mol. The Morgan fingerprint density at radius 3 is 2.39 bits per heavy atom. The number of aliphatic hydroxyl groups is 1. The van der Waals surface area contributed by atoms with E-state index in [0.29, 0.717) is 12.8 Å². The van der Waals surface area contributed by atoms with Crippen LogP contribution >= 0.6 is 11.3 Å². The van der Waals surface area contributed by atoms with Crippen LogP contribution in [0.4, 0.5) is 0 Å². The fourth-order valence-corrected chi connectivity index (χ4v) is 6.27. The number of thiazole rings is 1. The SMILES string of the molecule is [C-]#[N+]C1(C(=O)N[C@H](C(=O)N2C[C@H](O)C[C@H]2C(=O)N[C@H](C)c2ccc(-c3scnc3C)cc2C(C)C)C(C)(C)C)CC1. The largest absolute Gasteiger partial charge is 0.391 e. The molecule has 1 saturated carbocycles. The number of hydrogen-bond acceptors (Lipinski definition) is 6. The Hall–Kier alpha value is -3.29. The molecule has 1 aromatic heterocycles. The van der Waals surface area contributed by atoms with Crippen LogP contribution in [0.1, 0.15) is 89.6 Å². The molecule has 4 rings (SSSR count). The van der Waals surface area contributed by atoms with Gasteiger partial charge in [-0.3, -0.25) is 19.2 Å². The van der Waals surface area contributed by atoms with Crippen molar-refractivity contribution in [2.24, 2.45) is 5.41 Å². The summed E-state index contributed by atoms with van der Waals surface area (Å²) in [6, 6.07) is 4.09. The van der Waals surface area contributed by atoms with Gasteiger partial charge >= 0.3 is 11.4 Å². The van der Waals surface area contributed by atoms with Crippen molar-refractivity contribution in [3.8, 4) is 10.4 Å². The molecule has 220 valence electrons. The summed E-state index contributed by atoms with van der Waals surface area (Å²) < 4.78 is 0. The highest BCUT2D eigenvalue weighted by atomic mass is 32.1. The van der Waals surface area contributed by atoms with Crippen LogP contribution in [-0.2, 0) is 14.4 Å². The molecule has 2 fully saturated rings. The molecule has 9 nitrogen and oxygen atoms in total. The number of carbonyl (C=O) groups is 3. The zero-order valence-corrected chi connectivity index (χ0v) is 25.8. The summed E-state index contributed by atoms with van der Waals surface area (Å²) in [7, 11) is 0. The third-order valence-electron chi connectivity index (χ3n) is 8.16. The fraction of sp³-hybridized carbons (Fsp3) is 0.581. The summed E-state index contributed by atoms with van der Waals surface area (Å²) in [6.07, 6.45) is 0.207. The van der Waals surface area contributed by atoms with E-state index in [9.17, 15) is 19.5 Å². The van der Waals surface area contributed by atoms with Crippen molar-refractivity contribution >= 4 is 29.1 Å². The second-order valence-electron chi connectivity index (χ2n) is 12.8. The minimum absolute atomic E-state index is 0.00184. The minimum Gasteiger partial charge on any atom is -0.391 e. The van der Waals surface area contributed by atoms with Gasteiger partial charge in [0.25, 0.3) is 0 Å². The van der Waals surface area contributed by atoms with Crippen LogP contribution in [0.15, 0.2) is 23.7 Å². The average Bonchev–Trinajstić information content (AvgIpc) is 3.44. The van der Waals surface area contributed by atoms with Crippen LogP contribution in [0, 0.1) is 18.9 Å². The number of rotatable bonds is 8. The van der Waals surface area contributed by atoms with Gasteiger partial charge in [-0.15, -0.1) is 11.3 Å². The number of aliphatic hydroxyl groups excluding tert-OH is 1. The molecule has 1 saturated heterocycles. The second-order valence-corrected chi connectivity index (χ2v) is 13.7. The van der Waals surface area contributed by atoms with Gasteiger partial charge < -0.3 is 20.6 Å². The van der Waals surface area contributed by atoms with Crippen LogP contribution in [0.5, 0.6) is 0 Å². The fourth-order valence-electron chi connectivity index (χ4n) is 5.47. The first-order valence-electron chi connectivity index (χ1n) is 14.2. The van der Waals surface area contributed by atoms with Gasteiger partial charge in [-0.1, -0.05) is 46.8 Å². The van der Waals surface area contributed by atoms with Crippen molar-refractivity contribution < 1.29 is 19.5 Å². The van der Waals surface area contributed by atoms with E-state index in [1.807, 2.05) is 52.3 Å². The molecule has 1 aliphatic heterocycles. The van der Waals surface area contributed by atoms with Gasteiger partial charge in [-0.25, -0.2) is 11.6 Å². The lowest BCUT2D eigenvalue weighted by Crippen LogP contribution is -2.59. The van der Waals surface area contributed by atoms with Crippen LogP contribution in [0.3, 0.4) is 0 Å². The van der Waals surface area contributed by atoms with Gasteiger partial charge in [0.1, 0.15) is 12.1 Å². The number of amides is 3. The van der Waals surface area contributed by atoms with E-state index < -0.39 is 41.0 Å². The summed E-state index contributed by atoms with van der Waals surface area (Å²) in [5.74, 6) is -1.01. The van der Waals surface area contributed by atoms with E-state index in [1.54, 1.807) is 11.3 Å². The zero-order valence-electron chi connectivity index (χ0n) is 24.9. The molecule has 0 spiro atoms. The average molecular weight is 580 g/mol. The normalized spacial score (nSPS) is 21.2. The monoisotopic (exact) mass is 579 g/mol. The number of aromatic nitrogens is 1. The van der Waals surface area contributed by atoms with Gasteiger partial charge in [-0.05, 0) is 47.9 Å². The van der Waals surface area contributed by atoms with Gasteiger partial charge in [-0.2, -0.15) is 0 Å². The van der Waals surface area contributed by atoms with E-state index in [4.69, 9.17) is 6.57 Å². The number of hydrogen-bond donors (Lipinski definition) is 3. The highest BCUT2D eigenvalue weighted by Crippen LogP contribution is 2.41. The molecular formula is C31H41N5O4S. The maximum absolute atomic E-state index is 13.8. The number of β-amino-alcohol motifs (C(OH)–C–C–N with tert-alkyl or cyclic N) is 1. The molecule has 1 aliphatic carbocycles. The van der Waals surface area contributed by atoms with Crippen molar-refractivity contribution in [1.82, 2.24) is 20.5 Å². The first-order chi connectivity index (χ1) is 19.2. The Bertz CT molecular complexity index is 1370. The smallest absolute Gasteiger partial charge is 0.309 e. The first kappa shape index (κ1) is 30.7. The predicted molar refractivity (Wildman–Crippen MR) is 159 cm³/mol. The van der Waals surface area contributed by atoms with E-state index in [1.165, 1.54) is 4.90 Å². The topological polar surface area (TPSA) is 116 Å². The summed E-state index contributed by atoms with van der Waals surface area (Å²) in [5.41, 5.74) is 4.25. The van der Waals surface area contributed by atoms with E-state index in [0.717, 1.165) is 27.3 Å². The Morgan fingerprint density at radius 2 is 1.85 bits per heavy atom. The van der Waals surface area contributed by atoms with Crippen molar-refractivity contribution in [1.29, 1.82) is 0 Å². The number of benzene rings is 1. The third-order valence-corrected chi connectivity index (χ3v) is 9.13. The standard InChI is InChI=1S/C31H41N5O4S/c1-17(2)23-13-20(25-19(4)33-16-41-25)9-10-22(23)18(3)34-27(38)24-14-21(37)15-36(24)28(39)26(30(5,6)7)35-29(40)31(32-8)11-12-31/h9-10,13,16-18,21,24,26,37H,11-12,14-15H2,1-7H3,(H,34,38)(H,35,40)/t18-,21-,24+,26-/m1/s1. The molecule has 10 heteroatoms. The predicted octanol–water partition coefficient (Wildman–Crippen LogP) is 4.36. The molecule has 2 aromatic rings. The highest BCUT2D eigenvalue weighted by molar-refractivity contribution is 7.13.